The number of nitrogens with zero attached hydrogens (tertiary/aromatic N) is 1. The van der Waals surface area contributed by atoms with Crippen LogP contribution in [0.1, 0.15) is 47.0 Å². The lowest BCUT2D eigenvalue weighted by Gasteiger charge is -2.32. The number of rotatable bonds is 5. The molecular weight excluding hydrogens is 272 g/mol. The Morgan fingerprint density at radius 2 is 2.05 bits per heavy atom. The van der Waals surface area contributed by atoms with Crippen molar-refractivity contribution in [3.8, 4) is 0 Å². The molecule has 0 aromatic heterocycles. The maximum absolute atomic E-state index is 12.1. The monoisotopic (exact) mass is 300 g/mol. The molecule has 21 heavy (non-hydrogen) atoms. The highest BCUT2D eigenvalue weighted by atomic mass is 16.6. The zero-order chi connectivity index (χ0) is 15.9. The molecule has 1 atom stereocenters. The van der Waals surface area contributed by atoms with Crippen LogP contribution < -0.4 is 5.32 Å². The van der Waals surface area contributed by atoms with Crippen LogP contribution in [-0.2, 0) is 14.3 Å². The van der Waals surface area contributed by atoms with E-state index in [0.717, 1.165) is 19.4 Å². The van der Waals surface area contributed by atoms with Gasteiger partial charge in [0.2, 0.25) is 5.91 Å². The van der Waals surface area contributed by atoms with Crippen LogP contribution in [-0.4, -0.2) is 54.8 Å². The predicted molar refractivity (Wildman–Crippen MR) is 80.1 cm³/mol. The predicted octanol–water partition coefficient (Wildman–Crippen LogP) is 1.93. The summed E-state index contributed by atoms with van der Waals surface area (Å²) in [6.45, 7) is 9.77. The highest BCUT2D eigenvalue weighted by molar-refractivity contribution is 5.77. The van der Waals surface area contributed by atoms with Crippen molar-refractivity contribution in [3.63, 3.8) is 0 Å². The minimum absolute atomic E-state index is 0.0514. The first-order chi connectivity index (χ1) is 9.81. The third kappa shape index (κ3) is 7.32. The maximum atomic E-state index is 12.1. The van der Waals surface area contributed by atoms with Crippen molar-refractivity contribution >= 4 is 12.0 Å². The zero-order valence-corrected chi connectivity index (χ0v) is 13.6. The number of carbonyl (C=O) groups excluding carboxylic acids is 2. The van der Waals surface area contributed by atoms with E-state index >= 15 is 0 Å². The Labute approximate surface area is 127 Å². The van der Waals surface area contributed by atoms with Gasteiger partial charge in [-0.15, -0.1) is 0 Å². The van der Waals surface area contributed by atoms with Gasteiger partial charge in [0, 0.05) is 32.7 Å². The van der Waals surface area contributed by atoms with Crippen LogP contribution in [0.5, 0.6) is 0 Å². The van der Waals surface area contributed by atoms with Gasteiger partial charge >= 0.3 is 6.09 Å². The molecule has 1 heterocycles. The second kappa shape index (κ2) is 8.22. The number of amides is 2. The van der Waals surface area contributed by atoms with Crippen molar-refractivity contribution in [1.82, 2.24) is 10.2 Å². The van der Waals surface area contributed by atoms with Crippen LogP contribution in [0.2, 0.25) is 0 Å². The van der Waals surface area contributed by atoms with Crippen molar-refractivity contribution < 1.29 is 19.1 Å². The summed E-state index contributed by atoms with van der Waals surface area (Å²) in [5, 5.41) is 2.61. The summed E-state index contributed by atoms with van der Waals surface area (Å²) in [4.78, 5) is 25.4. The average Bonchev–Trinajstić information content (AvgIpc) is 2.37. The molecule has 1 rings (SSSR count). The van der Waals surface area contributed by atoms with Crippen LogP contribution in [0.25, 0.3) is 0 Å². The maximum Gasteiger partial charge on any atom is 0.407 e. The Hall–Kier alpha value is -1.30. The van der Waals surface area contributed by atoms with E-state index in [1.54, 1.807) is 20.8 Å². The fraction of sp³-hybridized carbons (Fsp3) is 0.867. The SMILES string of the molecule is CCOC1CCCN(C(=O)CCNC(=O)OC(C)(C)C)C1. The molecule has 1 fully saturated rings. The summed E-state index contributed by atoms with van der Waals surface area (Å²) in [6, 6.07) is 0. The van der Waals surface area contributed by atoms with Crippen LogP contribution in [0.3, 0.4) is 0 Å². The third-order valence-corrected chi connectivity index (χ3v) is 3.14. The minimum Gasteiger partial charge on any atom is -0.444 e. The molecule has 0 aliphatic carbocycles. The lowest BCUT2D eigenvalue weighted by atomic mass is 10.1. The first kappa shape index (κ1) is 17.8. The van der Waals surface area contributed by atoms with E-state index in [1.165, 1.54) is 0 Å². The molecule has 1 aliphatic rings. The van der Waals surface area contributed by atoms with Gasteiger partial charge in [-0.05, 0) is 40.5 Å². The molecule has 1 aliphatic heterocycles. The molecular formula is C15H28N2O4. The van der Waals surface area contributed by atoms with E-state index in [4.69, 9.17) is 9.47 Å². The highest BCUT2D eigenvalue weighted by Gasteiger charge is 2.23. The summed E-state index contributed by atoms with van der Waals surface area (Å²) in [6.07, 6.45) is 1.93. The summed E-state index contributed by atoms with van der Waals surface area (Å²) in [5.74, 6) is 0.0514. The second-order valence-electron chi connectivity index (χ2n) is 6.24. The Balaban J connectivity index is 2.25. The molecule has 6 heteroatoms. The highest BCUT2D eigenvalue weighted by Crippen LogP contribution is 2.14. The molecule has 2 amide bonds. The normalized spacial score (nSPS) is 19.2. The Morgan fingerprint density at radius 1 is 1.33 bits per heavy atom. The van der Waals surface area contributed by atoms with Gasteiger partial charge in [0.05, 0.1) is 6.10 Å². The van der Waals surface area contributed by atoms with Gasteiger partial charge in [-0.2, -0.15) is 0 Å². The van der Waals surface area contributed by atoms with Gasteiger partial charge in [0.1, 0.15) is 5.60 Å². The van der Waals surface area contributed by atoms with Gasteiger partial charge in [0.25, 0.3) is 0 Å². The topological polar surface area (TPSA) is 67.9 Å². The van der Waals surface area contributed by atoms with Crippen molar-refractivity contribution in [2.24, 2.45) is 0 Å². The number of ether oxygens (including phenoxy) is 2. The van der Waals surface area contributed by atoms with Crippen LogP contribution >= 0.6 is 0 Å². The van der Waals surface area contributed by atoms with Crippen LogP contribution in [0, 0.1) is 0 Å². The zero-order valence-electron chi connectivity index (χ0n) is 13.6. The summed E-state index contributed by atoms with van der Waals surface area (Å²) >= 11 is 0. The third-order valence-electron chi connectivity index (χ3n) is 3.14. The first-order valence-corrected chi connectivity index (χ1v) is 7.68. The Kier molecular flexibility index (Phi) is 6.95. The Bertz CT molecular complexity index is 350. The van der Waals surface area contributed by atoms with E-state index < -0.39 is 11.7 Å². The van der Waals surface area contributed by atoms with Gasteiger partial charge in [0.15, 0.2) is 0 Å². The molecule has 0 bridgehead atoms. The van der Waals surface area contributed by atoms with Gasteiger partial charge in [-0.1, -0.05) is 0 Å². The number of carbonyl (C=O) groups is 2. The molecule has 0 aromatic rings. The average molecular weight is 300 g/mol. The molecule has 0 saturated carbocycles. The molecule has 0 spiro atoms. The molecule has 0 aromatic carbocycles. The van der Waals surface area contributed by atoms with Gasteiger partial charge in [-0.25, -0.2) is 4.79 Å². The molecule has 0 radical (unpaired) electrons. The molecule has 1 saturated heterocycles. The summed E-state index contributed by atoms with van der Waals surface area (Å²) < 4.78 is 10.7. The van der Waals surface area contributed by atoms with E-state index in [9.17, 15) is 9.59 Å². The standard InChI is InChI=1S/C15H28N2O4/c1-5-20-12-7-6-10-17(11-12)13(18)8-9-16-14(19)21-15(2,3)4/h12H,5-11H2,1-4H3,(H,16,19). The number of hydrogen-bond acceptors (Lipinski definition) is 4. The molecule has 122 valence electrons. The second-order valence-corrected chi connectivity index (χ2v) is 6.24. The number of piperidine rings is 1. The number of likely N-dealkylation sites (tertiary alicyclic amines) is 1. The largest absolute Gasteiger partial charge is 0.444 e. The number of hydrogen-bond donors (Lipinski definition) is 1. The first-order valence-electron chi connectivity index (χ1n) is 7.68. The van der Waals surface area contributed by atoms with Crippen LogP contribution in [0.15, 0.2) is 0 Å². The minimum atomic E-state index is -0.522. The van der Waals surface area contributed by atoms with E-state index in [0.29, 0.717) is 19.7 Å². The fourth-order valence-electron chi connectivity index (χ4n) is 2.28. The molecule has 1 unspecified atom stereocenters. The van der Waals surface area contributed by atoms with Crippen LogP contribution in [0.4, 0.5) is 4.79 Å². The molecule has 1 N–H and O–H groups in total. The fourth-order valence-corrected chi connectivity index (χ4v) is 2.28. The Morgan fingerprint density at radius 3 is 2.67 bits per heavy atom. The number of alkyl carbamates (subject to hydrolysis) is 1. The number of nitrogens with one attached hydrogen (secondary N) is 1. The van der Waals surface area contributed by atoms with Crippen molar-refractivity contribution in [3.05, 3.63) is 0 Å². The summed E-state index contributed by atoms with van der Waals surface area (Å²) in [5.41, 5.74) is -0.522. The van der Waals surface area contributed by atoms with Gasteiger partial charge < -0.3 is 19.7 Å². The van der Waals surface area contributed by atoms with Gasteiger partial charge in [-0.3, -0.25) is 4.79 Å². The molecule has 6 nitrogen and oxygen atoms in total. The summed E-state index contributed by atoms with van der Waals surface area (Å²) in [7, 11) is 0. The smallest absolute Gasteiger partial charge is 0.407 e. The van der Waals surface area contributed by atoms with Crippen molar-refractivity contribution in [1.29, 1.82) is 0 Å². The van der Waals surface area contributed by atoms with E-state index in [2.05, 4.69) is 5.32 Å². The van der Waals surface area contributed by atoms with Crippen molar-refractivity contribution in [2.75, 3.05) is 26.2 Å². The van der Waals surface area contributed by atoms with E-state index in [-0.39, 0.29) is 18.4 Å². The van der Waals surface area contributed by atoms with Crippen molar-refractivity contribution in [2.45, 2.75) is 58.7 Å². The van der Waals surface area contributed by atoms with E-state index in [1.807, 2.05) is 11.8 Å². The lowest BCUT2D eigenvalue weighted by molar-refractivity contribution is -0.135. The lowest BCUT2D eigenvalue weighted by Crippen LogP contribution is -2.44. The quantitative estimate of drug-likeness (QED) is 0.842.